The molecular formula is C28H21ClF3N5O2. The highest BCUT2D eigenvalue weighted by Gasteiger charge is 2.32. The fourth-order valence-electron chi connectivity index (χ4n) is 4.79. The van der Waals surface area contributed by atoms with Gasteiger partial charge in [0.1, 0.15) is 5.82 Å². The molecule has 3 aromatic heterocycles. The summed E-state index contributed by atoms with van der Waals surface area (Å²) in [6.45, 7) is 2.24. The molecule has 1 fully saturated rings. The van der Waals surface area contributed by atoms with Crippen molar-refractivity contribution in [2.24, 2.45) is 0 Å². The molecule has 0 radical (unpaired) electrons. The first-order chi connectivity index (χ1) is 18.7. The SMILES string of the molecule is CC#CC(=O)N1CCCC1c1cc(-c2ccc(C(=O)Nc3cc(C(F)(F)F)ccn3)cc2Cl)n2cnccc12. The van der Waals surface area contributed by atoms with Gasteiger partial charge in [0.15, 0.2) is 0 Å². The van der Waals surface area contributed by atoms with Crippen LogP contribution in [-0.4, -0.2) is 37.6 Å². The van der Waals surface area contributed by atoms with Crippen molar-refractivity contribution in [3.63, 3.8) is 0 Å². The average Bonchev–Trinajstić information content (AvgIpc) is 3.54. The third-order valence-corrected chi connectivity index (χ3v) is 6.86. The molecule has 198 valence electrons. The highest BCUT2D eigenvalue weighted by molar-refractivity contribution is 6.33. The maximum atomic E-state index is 13.0. The highest BCUT2D eigenvalue weighted by atomic mass is 35.5. The standard InChI is InChI=1S/C28H21ClF3N5O2/c1-2-4-26(38)36-12-3-5-22(36)20-15-24(37-16-33-10-9-23(20)37)19-7-6-17(13-21(19)29)27(39)35-25-14-18(8-11-34-25)28(30,31)32/h6-11,13-16,22H,3,5,12H2,1H3,(H,34,35,39). The second kappa shape index (κ2) is 10.4. The van der Waals surface area contributed by atoms with Gasteiger partial charge in [-0.3, -0.25) is 14.0 Å². The van der Waals surface area contributed by atoms with E-state index in [0.717, 1.165) is 42.3 Å². The number of carbonyl (C=O) groups is 2. The van der Waals surface area contributed by atoms with Gasteiger partial charge in [-0.25, -0.2) is 9.97 Å². The minimum absolute atomic E-state index is 0.146. The zero-order valence-electron chi connectivity index (χ0n) is 20.6. The quantitative estimate of drug-likeness (QED) is 0.315. The molecule has 7 nitrogen and oxygen atoms in total. The summed E-state index contributed by atoms with van der Waals surface area (Å²) in [6.07, 6.45) is 1.38. The molecule has 2 amide bonds. The molecule has 11 heteroatoms. The Morgan fingerprint density at radius 1 is 1.13 bits per heavy atom. The van der Waals surface area contributed by atoms with Crippen molar-refractivity contribution in [3.8, 4) is 23.1 Å². The van der Waals surface area contributed by atoms with Gasteiger partial charge in [0.2, 0.25) is 0 Å². The number of fused-ring (bicyclic) bond motifs is 1. The van der Waals surface area contributed by atoms with Crippen LogP contribution in [0.5, 0.6) is 0 Å². The number of nitrogens with zero attached hydrogens (tertiary/aromatic N) is 4. The van der Waals surface area contributed by atoms with Crippen LogP contribution in [0, 0.1) is 11.8 Å². The summed E-state index contributed by atoms with van der Waals surface area (Å²) in [5, 5.41) is 2.64. The number of hydrogen-bond acceptors (Lipinski definition) is 4. The largest absolute Gasteiger partial charge is 0.416 e. The Balaban J connectivity index is 1.47. The van der Waals surface area contributed by atoms with Crippen LogP contribution in [0.3, 0.4) is 0 Å². The number of alkyl halides is 3. The molecule has 1 aromatic carbocycles. The van der Waals surface area contributed by atoms with Crippen LogP contribution in [0.2, 0.25) is 5.02 Å². The minimum atomic E-state index is -4.56. The molecule has 1 saturated heterocycles. The van der Waals surface area contributed by atoms with Crippen molar-refractivity contribution in [2.75, 3.05) is 11.9 Å². The van der Waals surface area contributed by atoms with Crippen molar-refractivity contribution < 1.29 is 22.8 Å². The predicted molar refractivity (Wildman–Crippen MR) is 140 cm³/mol. The van der Waals surface area contributed by atoms with E-state index < -0.39 is 17.6 Å². The van der Waals surface area contributed by atoms with Crippen LogP contribution in [0.15, 0.2) is 61.2 Å². The Labute approximate surface area is 226 Å². The lowest BCUT2D eigenvalue weighted by atomic mass is 10.0. The van der Waals surface area contributed by atoms with Gasteiger partial charge in [-0.2, -0.15) is 13.2 Å². The van der Waals surface area contributed by atoms with Crippen LogP contribution < -0.4 is 5.32 Å². The Morgan fingerprint density at radius 3 is 2.69 bits per heavy atom. The van der Waals surface area contributed by atoms with Crippen LogP contribution in [0.25, 0.3) is 16.8 Å². The number of pyridine rings is 1. The number of amides is 2. The smallest absolute Gasteiger partial charge is 0.325 e. The molecule has 0 aliphatic carbocycles. The lowest BCUT2D eigenvalue weighted by Crippen LogP contribution is -2.29. The number of hydrogen-bond donors (Lipinski definition) is 1. The van der Waals surface area contributed by atoms with Crippen LogP contribution in [0.1, 0.15) is 47.3 Å². The Bertz CT molecular complexity index is 1650. The van der Waals surface area contributed by atoms with Gasteiger partial charge in [0.25, 0.3) is 11.8 Å². The molecular weight excluding hydrogens is 531 g/mol. The summed E-state index contributed by atoms with van der Waals surface area (Å²) < 4.78 is 40.9. The van der Waals surface area contributed by atoms with Gasteiger partial charge in [0.05, 0.1) is 34.2 Å². The normalized spacial score (nSPS) is 15.2. The van der Waals surface area contributed by atoms with Crippen molar-refractivity contribution in [3.05, 3.63) is 82.9 Å². The van der Waals surface area contributed by atoms with Crippen LogP contribution >= 0.6 is 11.6 Å². The van der Waals surface area contributed by atoms with E-state index in [1.807, 2.05) is 16.5 Å². The first-order valence-electron chi connectivity index (χ1n) is 12.0. The Morgan fingerprint density at radius 2 is 1.95 bits per heavy atom. The maximum absolute atomic E-state index is 13.0. The van der Waals surface area contributed by atoms with Crippen LogP contribution in [-0.2, 0) is 11.0 Å². The molecule has 0 spiro atoms. The number of halogens is 4. The molecule has 0 saturated carbocycles. The fourth-order valence-corrected chi connectivity index (χ4v) is 5.07. The van der Waals surface area contributed by atoms with E-state index in [1.165, 1.54) is 12.1 Å². The number of nitrogens with one attached hydrogen (secondary N) is 1. The highest BCUT2D eigenvalue weighted by Crippen LogP contribution is 2.39. The average molecular weight is 552 g/mol. The summed E-state index contributed by atoms with van der Waals surface area (Å²) in [5.74, 6) is 4.19. The summed E-state index contributed by atoms with van der Waals surface area (Å²) in [5.41, 5.74) is 2.35. The van der Waals surface area contributed by atoms with Gasteiger partial charge < -0.3 is 10.2 Å². The molecule has 0 bridgehead atoms. The van der Waals surface area contributed by atoms with E-state index in [2.05, 4.69) is 27.1 Å². The van der Waals surface area contributed by atoms with Gasteiger partial charge in [0, 0.05) is 35.6 Å². The predicted octanol–water partition coefficient (Wildman–Crippen LogP) is 6.01. The van der Waals surface area contributed by atoms with Crippen molar-refractivity contribution in [2.45, 2.75) is 32.0 Å². The number of rotatable bonds is 4. The van der Waals surface area contributed by atoms with Crippen molar-refractivity contribution in [1.29, 1.82) is 0 Å². The maximum Gasteiger partial charge on any atom is 0.416 e. The number of carbonyl (C=O) groups excluding carboxylic acids is 2. The fraction of sp³-hybridized carbons (Fsp3) is 0.214. The van der Waals surface area contributed by atoms with E-state index in [-0.39, 0.29) is 28.4 Å². The molecule has 1 unspecified atom stereocenters. The monoisotopic (exact) mass is 551 g/mol. The van der Waals surface area contributed by atoms with Crippen molar-refractivity contribution >= 4 is 34.7 Å². The summed E-state index contributed by atoms with van der Waals surface area (Å²) >= 11 is 6.62. The van der Waals surface area contributed by atoms with E-state index in [4.69, 9.17) is 11.6 Å². The van der Waals surface area contributed by atoms with Gasteiger partial charge in [-0.1, -0.05) is 23.6 Å². The lowest BCUT2D eigenvalue weighted by molar-refractivity contribution is -0.137. The van der Waals surface area contributed by atoms with Crippen molar-refractivity contribution in [1.82, 2.24) is 19.3 Å². The zero-order valence-corrected chi connectivity index (χ0v) is 21.3. The van der Waals surface area contributed by atoms with Gasteiger partial charge in [-0.05, 0) is 62.1 Å². The molecule has 1 N–H and O–H groups in total. The molecule has 39 heavy (non-hydrogen) atoms. The molecule has 4 aromatic rings. The van der Waals surface area contributed by atoms with E-state index in [9.17, 15) is 22.8 Å². The minimum Gasteiger partial charge on any atom is -0.325 e. The Hall–Kier alpha value is -4.36. The number of benzene rings is 1. The number of aromatic nitrogens is 3. The third kappa shape index (κ3) is 5.18. The molecule has 1 aliphatic rings. The second-order valence-electron chi connectivity index (χ2n) is 8.93. The molecule has 1 atom stereocenters. The summed E-state index contributed by atoms with van der Waals surface area (Å²) in [6, 6.07) is 9.88. The van der Waals surface area contributed by atoms with Crippen LogP contribution in [0.4, 0.5) is 19.0 Å². The van der Waals surface area contributed by atoms with Gasteiger partial charge >= 0.3 is 6.18 Å². The summed E-state index contributed by atoms with van der Waals surface area (Å²) in [7, 11) is 0. The first kappa shape index (κ1) is 26.3. The number of anilines is 1. The second-order valence-corrected chi connectivity index (χ2v) is 9.34. The van der Waals surface area contributed by atoms with E-state index in [0.29, 0.717) is 17.8 Å². The molecule has 5 rings (SSSR count). The Kier molecular flexibility index (Phi) is 7.02. The van der Waals surface area contributed by atoms with Gasteiger partial charge in [-0.15, -0.1) is 0 Å². The molecule has 1 aliphatic heterocycles. The first-order valence-corrected chi connectivity index (χ1v) is 12.4. The molecule has 4 heterocycles. The van der Waals surface area contributed by atoms with E-state index >= 15 is 0 Å². The zero-order chi connectivity index (χ0) is 27.7. The third-order valence-electron chi connectivity index (χ3n) is 6.55. The van der Waals surface area contributed by atoms with E-state index in [1.54, 1.807) is 30.4 Å². The number of likely N-dealkylation sites (tertiary alicyclic amines) is 1. The lowest BCUT2D eigenvalue weighted by Gasteiger charge is -2.22. The summed E-state index contributed by atoms with van der Waals surface area (Å²) in [4.78, 5) is 35.2. The topological polar surface area (TPSA) is 79.6 Å².